The molecule has 4 rings (SSSR count). The van der Waals surface area contributed by atoms with Crippen molar-refractivity contribution in [1.29, 1.82) is 0 Å². The van der Waals surface area contributed by atoms with E-state index in [-0.39, 0.29) is 25.0 Å². The van der Waals surface area contributed by atoms with Gasteiger partial charge in [-0.25, -0.2) is 9.37 Å². The van der Waals surface area contributed by atoms with Gasteiger partial charge in [0.05, 0.1) is 11.8 Å². The molecule has 0 fully saturated rings. The molecule has 0 saturated carbocycles. The number of carbonyl (C=O) groups is 1. The van der Waals surface area contributed by atoms with Gasteiger partial charge in [-0.2, -0.15) is 0 Å². The summed E-state index contributed by atoms with van der Waals surface area (Å²) < 4.78 is 18.7. The van der Waals surface area contributed by atoms with Crippen molar-refractivity contribution in [3.63, 3.8) is 0 Å². The van der Waals surface area contributed by atoms with E-state index in [4.69, 9.17) is 4.74 Å². The van der Waals surface area contributed by atoms with E-state index in [1.54, 1.807) is 29.5 Å². The minimum atomic E-state index is -0.452. The van der Waals surface area contributed by atoms with Gasteiger partial charge in [0.1, 0.15) is 23.1 Å². The van der Waals surface area contributed by atoms with E-state index >= 15 is 0 Å². The molecule has 2 heterocycles. The predicted octanol–water partition coefficient (Wildman–Crippen LogP) is 3.68. The smallest absolute Gasteiger partial charge is 0.306 e. The van der Waals surface area contributed by atoms with E-state index in [0.29, 0.717) is 16.8 Å². The fourth-order valence-electron chi connectivity index (χ4n) is 3.39. The van der Waals surface area contributed by atoms with Crippen LogP contribution in [0.3, 0.4) is 0 Å². The van der Waals surface area contributed by atoms with Crippen molar-refractivity contribution in [2.45, 2.75) is 45.1 Å². The number of hydrogen-bond acceptors (Lipinski definition) is 5. The van der Waals surface area contributed by atoms with Crippen LogP contribution < -0.4 is 5.56 Å². The first-order valence-corrected chi connectivity index (χ1v) is 9.86. The summed E-state index contributed by atoms with van der Waals surface area (Å²) in [6.07, 6.45) is 4.56. The Kier molecular flexibility index (Phi) is 5.03. The molecule has 1 aliphatic carbocycles. The Morgan fingerprint density at radius 3 is 2.93 bits per heavy atom. The Morgan fingerprint density at radius 1 is 1.26 bits per heavy atom. The van der Waals surface area contributed by atoms with E-state index in [2.05, 4.69) is 9.97 Å². The first kappa shape index (κ1) is 17.9. The maximum atomic E-state index is 13.5. The minimum Gasteiger partial charge on any atom is -0.461 e. The van der Waals surface area contributed by atoms with Gasteiger partial charge < -0.3 is 9.72 Å². The Hall–Kier alpha value is -2.54. The normalized spacial score (nSPS) is 13.5. The SMILES string of the molecule is O=C(CCc1nc2sc3c(c2c(=O)[nH]1)CCCC3)OCc1ccccc1F. The van der Waals surface area contributed by atoms with E-state index in [1.807, 2.05) is 0 Å². The summed E-state index contributed by atoms with van der Waals surface area (Å²) >= 11 is 1.58. The Balaban J connectivity index is 1.42. The Bertz CT molecular complexity index is 1060. The van der Waals surface area contributed by atoms with Gasteiger partial charge >= 0.3 is 5.97 Å². The average Bonchev–Trinajstić information content (AvgIpc) is 3.04. The van der Waals surface area contributed by atoms with Gasteiger partial charge in [-0.3, -0.25) is 9.59 Å². The molecular weight excluding hydrogens is 367 g/mol. The van der Waals surface area contributed by atoms with Crippen LogP contribution in [0.4, 0.5) is 4.39 Å². The van der Waals surface area contributed by atoms with Crippen LogP contribution in [0.1, 0.15) is 41.1 Å². The molecule has 1 N–H and O–H groups in total. The zero-order valence-electron chi connectivity index (χ0n) is 14.7. The number of fused-ring (bicyclic) bond motifs is 3. The molecule has 0 unspecified atom stereocenters. The van der Waals surface area contributed by atoms with Crippen LogP contribution in [0, 0.1) is 5.82 Å². The standard InChI is InChI=1S/C20H19FN2O3S/c21-14-7-3-1-5-12(14)11-26-17(24)10-9-16-22-19(25)18-13-6-2-4-8-15(13)27-20(18)23-16/h1,3,5,7H,2,4,6,8-11H2,(H,22,23,25). The number of hydrogen-bond donors (Lipinski definition) is 1. The first-order valence-electron chi connectivity index (χ1n) is 9.04. The number of rotatable bonds is 5. The van der Waals surface area contributed by atoms with Crippen LogP contribution in [0.15, 0.2) is 29.1 Å². The molecule has 3 aromatic rings. The van der Waals surface area contributed by atoms with Crippen LogP contribution in [-0.4, -0.2) is 15.9 Å². The molecule has 0 amide bonds. The summed E-state index contributed by atoms with van der Waals surface area (Å²) in [5.41, 5.74) is 1.35. The number of carbonyl (C=O) groups excluding carboxylic acids is 1. The van der Waals surface area contributed by atoms with Crippen molar-refractivity contribution in [1.82, 2.24) is 9.97 Å². The lowest BCUT2D eigenvalue weighted by Crippen LogP contribution is -2.14. The molecule has 0 radical (unpaired) electrons. The summed E-state index contributed by atoms with van der Waals surface area (Å²) in [7, 11) is 0. The summed E-state index contributed by atoms with van der Waals surface area (Å²) in [6.45, 7) is -0.105. The number of ether oxygens (including phenoxy) is 1. The number of benzene rings is 1. The van der Waals surface area contributed by atoms with Gasteiger partial charge in [-0.15, -0.1) is 11.3 Å². The minimum absolute atomic E-state index is 0.0774. The second kappa shape index (κ2) is 7.60. The second-order valence-corrected chi connectivity index (χ2v) is 7.74. The van der Waals surface area contributed by atoms with Crippen LogP contribution >= 0.6 is 11.3 Å². The highest BCUT2D eigenvalue weighted by atomic mass is 32.1. The Morgan fingerprint density at radius 2 is 2.07 bits per heavy atom. The van der Waals surface area contributed by atoms with Crippen molar-refractivity contribution >= 4 is 27.5 Å². The molecule has 1 aliphatic rings. The summed E-state index contributed by atoms with van der Waals surface area (Å²) in [4.78, 5) is 33.8. The number of aromatic nitrogens is 2. The fraction of sp³-hybridized carbons (Fsp3) is 0.350. The summed E-state index contributed by atoms with van der Waals surface area (Å²) in [5.74, 6) is -0.371. The maximum absolute atomic E-state index is 13.5. The highest BCUT2D eigenvalue weighted by molar-refractivity contribution is 7.18. The number of halogens is 1. The molecule has 0 aliphatic heterocycles. The average molecular weight is 386 g/mol. The number of nitrogens with one attached hydrogen (secondary N) is 1. The maximum Gasteiger partial charge on any atom is 0.306 e. The summed E-state index contributed by atoms with van der Waals surface area (Å²) in [6, 6.07) is 6.18. The van der Waals surface area contributed by atoms with Gasteiger partial charge in [0.15, 0.2) is 0 Å². The van der Waals surface area contributed by atoms with E-state index in [1.165, 1.54) is 10.9 Å². The molecule has 0 bridgehead atoms. The molecule has 0 atom stereocenters. The van der Waals surface area contributed by atoms with Crippen molar-refractivity contribution in [3.05, 3.63) is 62.3 Å². The van der Waals surface area contributed by atoms with Crippen molar-refractivity contribution in [2.75, 3.05) is 0 Å². The molecule has 27 heavy (non-hydrogen) atoms. The highest BCUT2D eigenvalue weighted by Crippen LogP contribution is 2.33. The van der Waals surface area contributed by atoms with E-state index in [0.717, 1.165) is 36.1 Å². The number of H-pyrrole nitrogens is 1. The van der Waals surface area contributed by atoms with Gasteiger partial charge in [-0.1, -0.05) is 18.2 Å². The molecule has 1 aromatic carbocycles. The second-order valence-electron chi connectivity index (χ2n) is 6.66. The molecule has 2 aromatic heterocycles. The highest BCUT2D eigenvalue weighted by Gasteiger charge is 2.20. The molecule has 5 nitrogen and oxygen atoms in total. The lowest BCUT2D eigenvalue weighted by molar-refractivity contribution is -0.145. The lowest BCUT2D eigenvalue weighted by atomic mass is 9.97. The molecule has 140 valence electrons. The van der Waals surface area contributed by atoms with Gasteiger partial charge in [0, 0.05) is 16.9 Å². The predicted molar refractivity (Wildman–Crippen MR) is 101 cm³/mol. The number of thiophene rings is 1. The van der Waals surface area contributed by atoms with Crippen LogP contribution in [0.25, 0.3) is 10.2 Å². The van der Waals surface area contributed by atoms with Crippen molar-refractivity contribution in [2.24, 2.45) is 0 Å². The number of esters is 1. The van der Waals surface area contributed by atoms with Gasteiger partial charge in [0.2, 0.25) is 0 Å². The number of aromatic amines is 1. The van der Waals surface area contributed by atoms with Crippen molar-refractivity contribution in [3.8, 4) is 0 Å². The molecule has 0 spiro atoms. The quantitative estimate of drug-likeness (QED) is 0.679. The van der Waals surface area contributed by atoms with Crippen LogP contribution in [0.2, 0.25) is 0 Å². The zero-order chi connectivity index (χ0) is 18.8. The number of nitrogens with zero attached hydrogens (tertiary/aromatic N) is 1. The van der Waals surface area contributed by atoms with Crippen LogP contribution in [-0.2, 0) is 35.4 Å². The first-order chi connectivity index (χ1) is 13.1. The number of aryl methyl sites for hydroxylation is 3. The fourth-order valence-corrected chi connectivity index (χ4v) is 4.67. The molecule has 7 heteroatoms. The van der Waals surface area contributed by atoms with E-state index in [9.17, 15) is 14.0 Å². The molecule has 0 saturated heterocycles. The molecular formula is C20H19FN2O3S. The van der Waals surface area contributed by atoms with Gasteiger partial charge in [-0.05, 0) is 37.3 Å². The third-order valence-electron chi connectivity index (χ3n) is 4.79. The van der Waals surface area contributed by atoms with E-state index < -0.39 is 11.8 Å². The van der Waals surface area contributed by atoms with Crippen molar-refractivity contribution < 1.29 is 13.9 Å². The third kappa shape index (κ3) is 3.78. The topological polar surface area (TPSA) is 72.0 Å². The third-order valence-corrected chi connectivity index (χ3v) is 5.97. The monoisotopic (exact) mass is 386 g/mol. The zero-order valence-corrected chi connectivity index (χ0v) is 15.5. The summed E-state index contributed by atoms with van der Waals surface area (Å²) in [5, 5.41) is 0.709. The lowest BCUT2D eigenvalue weighted by Gasteiger charge is -2.09. The largest absolute Gasteiger partial charge is 0.461 e. The Labute approximate surface area is 159 Å². The van der Waals surface area contributed by atoms with Gasteiger partial charge in [0.25, 0.3) is 5.56 Å². The van der Waals surface area contributed by atoms with Crippen LogP contribution in [0.5, 0.6) is 0 Å².